The number of thioether (sulfide) groups is 1. The van der Waals surface area contributed by atoms with Gasteiger partial charge in [-0.1, -0.05) is 11.6 Å². The number of alkyl halides is 1. The van der Waals surface area contributed by atoms with E-state index in [9.17, 15) is 14.5 Å². The van der Waals surface area contributed by atoms with Crippen LogP contribution in [-0.4, -0.2) is 16.6 Å². The SMILES string of the molecule is O=[N+]([O-])c1cc(Cl)c(F)cc1SCCCl. The van der Waals surface area contributed by atoms with Crippen molar-refractivity contribution in [2.24, 2.45) is 0 Å². The Hall–Kier alpha value is -0.520. The molecule has 0 aliphatic rings. The zero-order chi connectivity index (χ0) is 11.4. The molecule has 1 rings (SSSR count). The van der Waals surface area contributed by atoms with Gasteiger partial charge in [0.2, 0.25) is 0 Å². The summed E-state index contributed by atoms with van der Waals surface area (Å²) in [6.07, 6.45) is 0. The summed E-state index contributed by atoms with van der Waals surface area (Å²) in [5.74, 6) is 0.148. The van der Waals surface area contributed by atoms with Crippen LogP contribution in [0.3, 0.4) is 0 Å². The highest BCUT2D eigenvalue weighted by Crippen LogP contribution is 2.33. The van der Waals surface area contributed by atoms with E-state index in [1.54, 1.807) is 0 Å². The fraction of sp³-hybridized carbons (Fsp3) is 0.250. The number of benzene rings is 1. The Bertz CT molecular complexity index is 389. The van der Waals surface area contributed by atoms with Gasteiger partial charge in [0, 0.05) is 17.7 Å². The number of nitrogens with zero attached hydrogens (tertiary/aromatic N) is 1. The number of rotatable bonds is 4. The van der Waals surface area contributed by atoms with Gasteiger partial charge in [-0.3, -0.25) is 10.1 Å². The Morgan fingerprint density at radius 3 is 2.73 bits per heavy atom. The van der Waals surface area contributed by atoms with Crippen LogP contribution < -0.4 is 0 Å². The monoisotopic (exact) mass is 269 g/mol. The summed E-state index contributed by atoms with van der Waals surface area (Å²) in [7, 11) is 0. The molecule has 0 aromatic heterocycles. The Labute approximate surface area is 99.7 Å². The molecular weight excluding hydrogens is 264 g/mol. The molecule has 0 unspecified atom stereocenters. The maximum absolute atomic E-state index is 13.0. The van der Waals surface area contributed by atoms with Crippen molar-refractivity contribution in [2.45, 2.75) is 4.90 Å². The molecule has 0 atom stereocenters. The normalized spacial score (nSPS) is 10.3. The van der Waals surface area contributed by atoms with E-state index >= 15 is 0 Å². The van der Waals surface area contributed by atoms with Crippen LogP contribution in [0, 0.1) is 15.9 Å². The highest BCUT2D eigenvalue weighted by Gasteiger charge is 2.17. The lowest BCUT2D eigenvalue weighted by Crippen LogP contribution is -1.93. The van der Waals surface area contributed by atoms with Gasteiger partial charge in [0.15, 0.2) is 0 Å². The molecule has 82 valence electrons. The molecule has 0 saturated heterocycles. The zero-order valence-corrected chi connectivity index (χ0v) is 9.70. The lowest BCUT2D eigenvalue weighted by molar-refractivity contribution is -0.387. The molecule has 0 heterocycles. The number of hydrogen-bond donors (Lipinski definition) is 0. The summed E-state index contributed by atoms with van der Waals surface area (Å²) in [4.78, 5) is 10.3. The van der Waals surface area contributed by atoms with Crippen LogP contribution in [0.1, 0.15) is 0 Å². The molecule has 1 aromatic carbocycles. The van der Waals surface area contributed by atoms with Crippen molar-refractivity contribution in [1.29, 1.82) is 0 Å². The summed E-state index contributed by atoms with van der Waals surface area (Å²) in [5, 5.41) is 10.4. The van der Waals surface area contributed by atoms with Crippen LogP contribution in [0.25, 0.3) is 0 Å². The third-order valence-electron chi connectivity index (χ3n) is 1.53. The van der Waals surface area contributed by atoms with Gasteiger partial charge in [-0.05, 0) is 6.07 Å². The molecule has 0 N–H and O–H groups in total. The minimum atomic E-state index is -0.667. The van der Waals surface area contributed by atoms with E-state index in [0.29, 0.717) is 11.6 Å². The third kappa shape index (κ3) is 3.22. The summed E-state index contributed by atoms with van der Waals surface area (Å²) >= 11 is 12.0. The van der Waals surface area contributed by atoms with Crippen molar-refractivity contribution < 1.29 is 9.31 Å². The largest absolute Gasteiger partial charge is 0.284 e. The summed E-state index contributed by atoms with van der Waals surface area (Å²) in [5.41, 5.74) is -0.198. The first-order chi connectivity index (χ1) is 7.06. The van der Waals surface area contributed by atoms with E-state index in [0.717, 1.165) is 23.9 Å². The van der Waals surface area contributed by atoms with E-state index < -0.39 is 10.7 Å². The standard InChI is InChI=1S/C8H6Cl2FNO2S/c9-1-2-15-8-4-6(11)5(10)3-7(8)12(13)14/h3-4H,1-2H2. The van der Waals surface area contributed by atoms with E-state index in [1.165, 1.54) is 0 Å². The molecule has 1 aromatic rings. The van der Waals surface area contributed by atoms with Crippen molar-refractivity contribution >= 4 is 40.7 Å². The van der Waals surface area contributed by atoms with Crippen LogP contribution in [0.15, 0.2) is 17.0 Å². The second-order valence-electron chi connectivity index (χ2n) is 2.53. The van der Waals surface area contributed by atoms with Crippen molar-refractivity contribution in [2.75, 3.05) is 11.6 Å². The summed E-state index contributed by atoms with van der Waals surface area (Å²) < 4.78 is 13.0. The molecule has 7 heteroatoms. The van der Waals surface area contributed by atoms with Crippen LogP contribution in [0.2, 0.25) is 5.02 Å². The third-order valence-corrected chi connectivity index (χ3v) is 3.28. The molecule has 0 fully saturated rings. The van der Waals surface area contributed by atoms with Gasteiger partial charge in [0.25, 0.3) is 5.69 Å². The second kappa shape index (κ2) is 5.53. The van der Waals surface area contributed by atoms with Gasteiger partial charge < -0.3 is 0 Å². The van der Waals surface area contributed by atoms with Crippen molar-refractivity contribution in [3.63, 3.8) is 0 Å². The van der Waals surface area contributed by atoms with Gasteiger partial charge in [-0.15, -0.1) is 23.4 Å². The average molecular weight is 270 g/mol. The van der Waals surface area contributed by atoms with Crippen LogP contribution in [0.5, 0.6) is 0 Å². The van der Waals surface area contributed by atoms with Crippen LogP contribution >= 0.6 is 35.0 Å². The van der Waals surface area contributed by atoms with Gasteiger partial charge in [-0.25, -0.2) is 4.39 Å². The molecule has 0 spiro atoms. The van der Waals surface area contributed by atoms with E-state index in [-0.39, 0.29) is 15.6 Å². The van der Waals surface area contributed by atoms with Crippen LogP contribution in [0.4, 0.5) is 10.1 Å². The number of halogens is 3. The Kier molecular flexibility index (Phi) is 4.63. The zero-order valence-electron chi connectivity index (χ0n) is 7.37. The fourth-order valence-electron chi connectivity index (χ4n) is 0.925. The maximum Gasteiger partial charge on any atom is 0.284 e. The Morgan fingerprint density at radius 2 is 2.20 bits per heavy atom. The highest BCUT2D eigenvalue weighted by molar-refractivity contribution is 7.99. The summed E-state index contributed by atoms with van der Waals surface area (Å²) in [6, 6.07) is 2.06. The number of hydrogen-bond acceptors (Lipinski definition) is 3. The molecule has 0 bridgehead atoms. The quantitative estimate of drug-likeness (QED) is 0.362. The maximum atomic E-state index is 13.0. The minimum Gasteiger partial charge on any atom is -0.258 e. The van der Waals surface area contributed by atoms with E-state index in [2.05, 4.69) is 0 Å². The fourth-order valence-corrected chi connectivity index (χ4v) is 2.08. The van der Waals surface area contributed by atoms with Crippen molar-refractivity contribution in [1.82, 2.24) is 0 Å². The predicted octanol–water partition coefficient (Wildman–Crippen LogP) is 3.72. The predicted molar refractivity (Wildman–Crippen MR) is 59.5 cm³/mol. The van der Waals surface area contributed by atoms with Gasteiger partial charge in [-0.2, -0.15) is 0 Å². The minimum absolute atomic E-state index is 0.198. The van der Waals surface area contributed by atoms with Crippen molar-refractivity contribution in [3.8, 4) is 0 Å². The van der Waals surface area contributed by atoms with Gasteiger partial charge in [0.05, 0.1) is 14.8 Å². The molecule has 0 aliphatic heterocycles. The molecule has 0 amide bonds. The summed E-state index contributed by atoms with van der Waals surface area (Å²) in [6.45, 7) is 0. The van der Waals surface area contributed by atoms with E-state index in [4.69, 9.17) is 23.2 Å². The molecule has 0 aliphatic carbocycles. The Morgan fingerprint density at radius 1 is 1.53 bits per heavy atom. The first-order valence-electron chi connectivity index (χ1n) is 3.88. The smallest absolute Gasteiger partial charge is 0.258 e. The van der Waals surface area contributed by atoms with Gasteiger partial charge in [0.1, 0.15) is 5.82 Å². The molecular formula is C8H6Cl2FNO2S. The Balaban J connectivity index is 3.10. The number of nitro groups is 1. The average Bonchev–Trinajstić information content (AvgIpc) is 2.19. The van der Waals surface area contributed by atoms with Gasteiger partial charge >= 0.3 is 0 Å². The molecule has 0 saturated carbocycles. The lowest BCUT2D eigenvalue weighted by Gasteiger charge is -2.02. The van der Waals surface area contributed by atoms with E-state index in [1.807, 2.05) is 0 Å². The first-order valence-corrected chi connectivity index (χ1v) is 5.78. The topological polar surface area (TPSA) is 43.1 Å². The molecule has 15 heavy (non-hydrogen) atoms. The lowest BCUT2D eigenvalue weighted by atomic mass is 10.3. The molecule has 3 nitrogen and oxygen atoms in total. The van der Waals surface area contributed by atoms with Crippen molar-refractivity contribution in [3.05, 3.63) is 33.1 Å². The molecule has 0 radical (unpaired) electrons. The number of nitro benzene ring substituents is 1. The second-order valence-corrected chi connectivity index (χ2v) is 4.45. The van der Waals surface area contributed by atoms with Crippen LogP contribution in [-0.2, 0) is 0 Å². The highest BCUT2D eigenvalue weighted by atomic mass is 35.5. The first kappa shape index (κ1) is 12.5.